The van der Waals surface area contributed by atoms with Crippen LogP contribution in [0.5, 0.6) is 5.75 Å². The number of benzene rings is 1. The first-order valence-corrected chi connectivity index (χ1v) is 9.51. The van der Waals surface area contributed by atoms with Gasteiger partial charge in [-0.3, -0.25) is 4.99 Å². The molecule has 6 heteroatoms. The molecule has 1 aromatic carbocycles. The van der Waals surface area contributed by atoms with E-state index in [1.165, 1.54) is 5.56 Å². The average Bonchev–Trinajstić information content (AvgIpc) is 2.61. The van der Waals surface area contributed by atoms with Gasteiger partial charge in [0.2, 0.25) is 0 Å². The van der Waals surface area contributed by atoms with Crippen molar-refractivity contribution in [1.82, 2.24) is 10.2 Å². The number of rotatable bonds is 7. The minimum Gasteiger partial charge on any atom is -0.493 e. The summed E-state index contributed by atoms with van der Waals surface area (Å²) in [6, 6.07) is 8.32. The lowest BCUT2D eigenvalue weighted by atomic mass is 10.1. The Bertz CT molecular complexity index is 526. The molecule has 1 aliphatic rings. The Morgan fingerprint density at radius 3 is 2.50 bits per heavy atom. The van der Waals surface area contributed by atoms with Crippen LogP contribution in [0, 0.1) is 5.92 Å². The molecule has 1 aliphatic heterocycles. The van der Waals surface area contributed by atoms with Crippen LogP contribution in [0.25, 0.3) is 0 Å². The molecule has 2 rings (SSSR count). The van der Waals surface area contributed by atoms with Gasteiger partial charge in [0.15, 0.2) is 5.96 Å². The highest BCUT2D eigenvalue weighted by Gasteiger charge is 2.19. The maximum atomic E-state index is 9.66. The molecular weight excluding hydrogens is 441 g/mol. The molecule has 5 nitrogen and oxygen atoms in total. The molecule has 1 aromatic rings. The molecule has 0 saturated carbocycles. The number of nitrogens with one attached hydrogen (secondary N) is 1. The number of halogens is 1. The summed E-state index contributed by atoms with van der Waals surface area (Å²) in [5.74, 6) is 2.43. The zero-order valence-electron chi connectivity index (χ0n) is 16.3. The molecule has 1 heterocycles. The maximum absolute atomic E-state index is 9.66. The standard InChI is InChI=1S/C20H33N3O2.HI/c1-4-21-20(23-13-10-18(24)11-14-23)22-12-9-17-5-7-19(8-6-17)25-15-16(2)3;/h5-8,16,18,24H,4,9-15H2,1-3H3,(H,21,22);1H. The van der Waals surface area contributed by atoms with Crippen LogP contribution in [0.1, 0.15) is 39.2 Å². The lowest BCUT2D eigenvalue weighted by molar-refractivity contribution is 0.108. The van der Waals surface area contributed by atoms with Gasteiger partial charge in [-0.05, 0) is 49.8 Å². The molecule has 1 saturated heterocycles. The van der Waals surface area contributed by atoms with E-state index < -0.39 is 0 Å². The van der Waals surface area contributed by atoms with Gasteiger partial charge in [0.25, 0.3) is 0 Å². The molecule has 0 bridgehead atoms. The molecule has 0 spiro atoms. The molecule has 148 valence electrons. The Morgan fingerprint density at radius 2 is 1.92 bits per heavy atom. The predicted molar refractivity (Wildman–Crippen MR) is 119 cm³/mol. The minimum atomic E-state index is -0.157. The SMILES string of the molecule is CCNC(=NCCc1ccc(OCC(C)C)cc1)N1CCC(O)CC1.I. The van der Waals surface area contributed by atoms with E-state index in [1.54, 1.807) is 0 Å². The van der Waals surface area contributed by atoms with Gasteiger partial charge in [0, 0.05) is 26.2 Å². The lowest BCUT2D eigenvalue weighted by Gasteiger charge is -2.32. The second-order valence-corrected chi connectivity index (χ2v) is 7.05. The number of ether oxygens (including phenoxy) is 1. The number of likely N-dealkylation sites (tertiary alicyclic amines) is 1. The van der Waals surface area contributed by atoms with Crippen LogP contribution in [-0.4, -0.2) is 54.9 Å². The summed E-state index contributed by atoms with van der Waals surface area (Å²) < 4.78 is 5.72. The van der Waals surface area contributed by atoms with E-state index in [-0.39, 0.29) is 30.1 Å². The van der Waals surface area contributed by atoms with Crippen molar-refractivity contribution >= 4 is 29.9 Å². The normalized spacial score (nSPS) is 15.7. The Morgan fingerprint density at radius 1 is 1.27 bits per heavy atom. The molecule has 1 fully saturated rings. The second-order valence-electron chi connectivity index (χ2n) is 7.05. The fourth-order valence-corrected chi connectivity index (χ4v) is 2.81. The van der Waals surface area contributed by atoms with Gasteiger partial charge in [0.05, 0.1) is 12.7 Å². The van der Waals surface area contributed by atoms with Crippen LogP contribution in [-0.2, 0) is 6.42 Å². The molecule has 0 radical (unpaired) electrons. The Hall–Kier alpha value is -1.02. The summed E-state index contributed by atoms with van der Waals surface area (Å²) in [4.78, 5) is 7.01. The van der Waals surface area contributed by atoms with Crippen molar-refractivity contribution in [2.24, 2.45) is 10.9 Å². The molecule has 26 heavy (non-hydrogen) atoms. The highest BCUT2D eigenvalue weighted by molar-refractivity contribution is 14.0. The van der Waals surface area contributed by atoms with Crippen molar-refractivity contribution in [3.8, 4) is 5.75 Å². The highest BCUT2D eigenvalue weighted by atomic mass is 127. The third kappa shape index (κ3) is 8.12. The van der Waals surface area contributed by atoms with Gasteiger partial charge in [-0.2, -0.15) is 0 Å². The Balaban J connectivity index is 0.00000338. The fourth-order valence-electron chi connectivity index (χ4n) is 2.81. The van der Waals surface area contributed by atoms with E-state index in [1.807, 2.05) is 12.1 Å². The first kappa shape index (κ1) is 23.0. The van der Waals surface area contributed by atoms with E-state index in [0.717, 1.165) is 63.8 Å². The molecular formula is C20H34IN3O2. The zero-order chi connectivity index (χ0) is 18.1. The van der Waals surface area contributed by atoms with E-state index in [9.17, 15) is 5.11 Å². The van der Waals surface area contributed by atoms with Crippen molar-refractivity contribution < 1.29 is 9.84 Å². The van der Waals surface area contributed by atoms with Crippen LogP contribution in [0.4, 0.5) is 0 Å². The summed E-state index contributed by atoms with van der Waals surface area (Å²) in [5.41, 5.74) is 1.27. The summed E-state index contributed by atoms with van der Waals surface area (Å²) in [6.07, 6.45) is 2.40. The molecule has 0 aromatic heterocycles. The predicted octanol–water partition coefficient (Wildman–Crippen LogP) is 3.30. The van der Waals surface area contributed by atoms with Crippen LogP contribution < -0.4 is 10.1 Å². The van der Waals surface area contributed by atoms with Gasteiger partial charge in [-0.25, -0.2) is 0 Å². The van der Waals surface area contributed by atoms with Gasteiger partial charge >= 0.3 is 0 Å². The van der Waals surface area contributed by atoms with Gasteiger partial charge in [-0.15, -0.1) is 24.0 Å². The minimum absolute atomic E-state index is 0. The monoisotopic (exact) mass is 475 g/mol. The number of hydrogen-bond donors (Lipinski definition) is 2. The zero-order valence-corrected chi connectivity index (χ0v) is 18.6. The second kappa shape index (κ2) is 12.4. The first-order valence-electron chi connectivity index (χ1n) is 9.51. The molecule has 2 N–H and O–H groups in total. The lowest BCUT2D eigenvalue weighted by Crippen LogP contribution is -2.46. The Labute approximate surface area is 175 Å². The summed E-state index contributed by atoms with van der Waals surface area (Å²) in [7, 11) is 0. The molecule has 0 amide bonds. The van der Waals surface area contributed by atoms with Crippen molar-refractivity contribution in [3.63, 3.8) is 0 Å². The van der Waals surface area contributed by atoms with E-state index in [4.69, 9.17) is 9.73 Å². The third-order valence-corrected chi connectivity index (χ3v) is 4.27. The van der Waals surface area contributed by atoms with Crippen molar-refractivity contribution in [2.75, 3.05) is 32.8 Å². The molecule has 0 aliphatic carbocycles. The number of hydrogen-bond acceptors (Lipinski definition) is 3. The number of aliphatic imine (C=N–C) groups is 1. The molecule has 0 atom stereocenters. The number of nitrogens with zero attached hydrogens (tertiary/aromatic N) is 2. The van der Waals surface area contributed by atoms with Crippen molar-refractivity contribution in [1.29, 1.82) is 0 Å². The fraction of sp³-hybridized carbons (Fsp3) is 0.650. The van der Waals surface area contributed by atoms with Crippen LogP contribution in [0.2, 0.25) is 0 Å². The summed E-state index contributed by atoms with van der Waals surface area (Å²) in [6.45, 7) is 10.5. The average molecular weight is 475 g/mol. The quantitative estimate of drug-likeness (QED) is 0.361. The maximum Gasteiger partial charge on any atom is 0.193 e. The van der Waals surface area contributed by atoms with Gasteiger partial charge in [0.1, 0.15) is 5.75 Å². The Kier molecular flexibility index (Phi) is 11.0. The van der Waals surface area contributed by atoms with Crippen molar-refractivity contribution in [2.45, 2.75) is 46.1 Å². The first-order chi connectivity index (χ1) is 12.1. The van der Waals surface area contributed by atoms with Crippen molar-refractivity contribution in [3.05, 3.63) is 29.8 Å². The highest BCUT2D eigenvalue weighted by Crippen LogP contribution is 2.14. The molecule has 0 unspecified atom stereocenters. The van der Waals surface area contributed by atoms with Gasteiger partial charge < -0.3 is 20.1 Å². The number of aliphatic hydroxyl groups is 1. The van der Waals surface area contributed by atoms with Crippen LogP contribution in [0.3, 0.4) is 0 Å². The smallest absolute Gasteiger partial charge is 0.193 e. The number of piperidine rings is 1. The van der Waals surface area contributed by atoms with Crippen LogP contribution >= 0.6 is 24.0 Å². The van der Waals surface area contributed by atoms with E-state index in [0.29, 0.717) is 5.92 Å². The summed E-state index contributed by atoms with van der Waals surface area (Å²) >= 11 is 0. The number of guanidine groups is 1. The van der Waals surface area contributed by atoms with Gasteiger partial charge in [-0.1, -0.05) is 26.0 Å². The largest absolute Gasteiger partial charge is 0.493 e. The topological polar surface area (TPSA) is 57.1 Å². The third-order valence-electron chi connectivity index (χ3n) is 4.27. The van der Waals surface area contributed by atoms with Crippen LogP contribution in [0.15, 0.2) is 29.3 Å². The summed E-state index contributed by atoms with van der Waals surface area (Å²) in [5, 5.41) is 13.0. The van der Waals surface area contributed by atoms with E-state index in [2.05, 4.69) is 43.1 Å². The number of aliphatic hydroxyl groups excluding tert-OH is 1. The van der Waals surface area contributed by atoms with E-state index >= 15 is 0 Å².